The molecule has 0 unspecified atom stereocenters. The monoisotopic (exact) mass is 1150 g/mol. The molecule has 0 saturated carbocycles. The number of benzene rings is 13. The van der Waals surface area contributed by atoms with Gasteiger partial charge in [0.15, 0.2) is 0 Å². The second-order valence-electron chi connectivity index (χ2n) is 24.3. The van der Waals surface area contributed by atoms with Gasteiger partial charge in [0.25, 0.3) is 0 Å². The molecule has 0 N–H and O–H groups in total. The third-order valence-electron chi connectivity index (χ3n) is 18.8. The molecule has 0 fully saturated rings. The predicted molar refractivity (Wildman–Crippen MR) is 371 cm³/mol. The molecule has 4 aliphatic rings. The predicted octanol–water partition coefficient (Wildman–Crippen LogP) is 19.6. The Morgan fingerprint density at radius 1 is 0.409 bits per heavy atom. The Kier molecular flexibility index (Phi) is 7.64. The van der Waals surface area contributed by atoms with Crippen LogP contribution in [0.2, 0.25) is 0 Å². The van der Waals surface area contributed by atoms with E-state index in [1.807, 2.05) is 66.7 Å². The van der Waals surface area contributed by atoms with Gasteiger partial charge in [0.1, 0.15) is 0 Å². The van der Waals surface area contributed by atoms with E-state index in [0.717, 1.165) is 98.5 Å². The zero-order valence-corrected chi connectivity index (χ0v) is 48.5. The van der Waals surface area contributed by atoms with Gasteiger partial charge in [-0.15, -0.1) is 0 Å². The van der Waals surface area contributed by atoms with Gasteiger partial charge in [-0.3, -0.25) is 0 Å². The van der Waals surface area contributed by atoms with Crippen LogP contribution in [0.4, 0.5) is 17.1 Å². The highest BCUT2D eigenvalue weighted by atomic mass is 32.2. The molecular weight excluding hydrogens is 1080 g/mol. The minimum atomic E-state index is -0.763. The van der Waals surface area contributed by atoms with E-state index in [0.29, 0.717) is 28.4 Å². The summed E-state index contributed by atoms with van der Waals surface area (Å²) in [5.41, 5.74) is 16.6. The molecule has 5 heteroatoms. The lowest BCUT2D eigenvalue weighted by atomic mass is 9.34. The minimum absolute atomic E-state index is 0.0618. The van der Waals surface area contributed by atoms with Gasteiger partial charge < -0.3 is 14.0 Å². The second kappa shape index (κ2) is 18.4. The number of aromatic nitrogens is 2. The van der Waals surface area contributed by atoms with Gasteiger partial charge in [-0.1, -0.05) is 262 Å². The number of para-hydroxylation sites is 4. The van der Waals surface area contributed by atoms with Crippen LogP contribution >= 0.6 is 11.8 Å². The number of hydrogen-bond acceptors (Lipinski definition) is 2. The number of hydrogen-bond donors (Lipinski definition) is 0. The van der Waals surface area contributed by atoms with E-state index in [2.05, 4.69) is 147 Å². The number of rotatable bonds is 5. The first-order valence-corrected chi connectivity index (χ1v) is 30.4. The van der Waals surface area contributed by atoms with Crippen molar-refractivity contribution >= 4 is 95.5 Å². The molecule has 0 atom stereocenters. The summed E-state index contributed by atoms with van der Waals surface area (Å²) in [7, 11) is 0. The van der Waals surface area contributed by atoms with Crippen molar-refractivity contribution in [2.24, 2.45) is 0 Å². The number of fused-ring (bicyclic) bond motifs is 21. The third kappa shape index (κ3) is 6.72. The molecular formula is C83H56BN3S. The lowest BCUT2D eigenvalue weighted by molar-refractivity contribution is 0.591. The quantitative estimate of drug-likeness (QED) is 0.159. The fraction of sp³-hybridized carbons (Fsp3) is 0.0602. The van der Waals surface area contributed by atoms with Gasteiger partial charge in [0.2, 0.25) is 6.71 Å². The van der Waals surface area contributed by atoms with E-state index in [9.17, 15) is 16.4 Å². The average molecular weight is 1150 g/mol. The normalized spacial score (nSPS) is 16.4. The van der Waals surface area contributed by atoms with Crippen LogP contribution in [0.1, 0.15) is 70.5 Å². The van der Waals surface area contributed by atoms with E-state index >= 15 is 0 Å². The maximum absolute atomic E-state index is 9.92. The topological polar surface area (TPSA) is 13.1 Å². The second-order valence-corrected chi connectivity index (χ2v) is 25.3. The standard InChI is InChI=1S/C83H56BN3S/c1-82(2,3)53-46-63(51-24-6-4-7-25-51)80(64(47-53)52-26-8-5-9-27-52)87-75-48-54(85-71-38-20-13-30-58(71)59-31-14-21-39-72(59)85)42-44-69(75)84-70-45-43-68-78(62-34-12-19-37-67(62)83(68)65-35-17-10-28-56(65)57-29-11-18-36-66(57)83)81(70)88-77-50-55(49-76(87)79(77)84)86-73-40-22-15-32-60(73)61-33-16-23-41-74(61)86/h4-50H,1-3H3/i13D,14D,15D,16D,20D,21D,22D,23D,30D,31D,32D,33D,38D,39D,40D,41D. The molecule has 0 bridgehead atoms. The molecule has 0 amide bonds. The van der Waals surface area contributed by atoms with Crippen LogP contribution in [0.15, 0.2) is 295 Å². The van der Waals surface area contributed by atoms with E-state index < -0.39 is 114 Å². The highest BCUT2D eigenvalue weighted by molar-refractivity contribution is 8.00. The van der Waals surface area contributed by atoms with Gasteiger partial charge in [-0.05, 0) is 133 Å². The van der Waals surface area contributed by atoms with E-state index in [1.54, 1.807) is 20.9 Å². The highest BCUT2D eigenvalue weighted by Gasteiger charge is 2.54. The van der Waals surface area contributed by atoms with Crippen LogP contribution in [0.3, 0.4) is 0 Å². The lowest BCUT2D eigenvalue weighted by Gasteiger charge is -2.43. The summed E-state index contributed by atoms with van der Waals surface area (Å²) >= 11 is 1.58. The Hall–Kier alpha value is -10.3. The maximum atomic E-state index is 9.92. The molecule has 2 aliphatic carbocycles. The van der Waals surface area contributed by atoms with Crippen molar-refractivity contribution in [2.75, 3.05) is 4.90 Å². The van der Waals surface area contributed by atoms with Crippen molar-refractivity contribution in [3.05, 3.63) is 313 Å². The molecule has 0 radical (unpaired) electrons. The summed E-state index contributed by atoms with van der Waals surface area (Å²) in [6.45, 7) is 5.84. The lowest BCUT2D eigenvalue weighted by Crippen LogP contribution is -2.60. The summed E-state index contributed by atoms with van der Waals surface area (Å²) < 4.78 is 154. The first-order valence-electron chi connectivity index (χ1n) is 37.5. The van der Waals surface area contributed by atoms with Crippen LogP contribution in [-0.2, 0) is 10.8 Å². The van der Waals surface area contributed by atoms with Gasteiger partial charge >= 0.3 is 0 Å². The Balaban J connectivity index is 1.03. The van der Waals surface area contributed by atoms with Gasteiger partial charge in [0, 0.05) is 70.8 Å². The van der Waals surface area contributed by atoms with Gasteiger partial charge in [0.05, 0.1) is 55.1 Å². The first-order chi connectivity index (χ1) is 50.0. The van der Waals surface area contributed by atoms with E-state index in [1.165, 1.54) is 0 Å². The van der Waals surface area contributed by atoms with Crippen molar-refractivity contribution < 1.29 is 21.9 Å². The molecule has 0 saturated heterocycles. The summed E-state index contributed by atoms with van der Waals surface area (Å²) in [6.07, 6.45) is 0. The van der Waals surface area contributed by atoms with Crippen LogP contribution in [0.5, 0.6) is 0 Å². The molecule has 2 aromatic heterocycles. The average Bonchev–Trinajstić information content (AvgIpc) is 1.44. The number of anilines is 3. The van der Waals surface area contributed by atoms with Gasteiger partial charge in [-0.25, -0.2) is 0 Å². The molecule has 3 nitrogen and oxygen atoms in total. The summed E-state index contributed by atoms with van der Waals surface area (Å²) in [5, 5.41) is -0.326. The Labute approximate surface area is 539 Å². The largest absolute Gasteiger partial charge is 0.310 e. The summed E-state index contributed by atoms with van der Waals surface area (Å²) in [6, 6.07) is 56.4. The van der Waals surface area contributed by atoms with Crippen molar-refractivity contribution in [3.8, 4) is 55.9 Å². The number of nitrogens with zero attached hydrogens (tertiary/aromatic N) is 3. The molecule has 1 spiro atoms. The summed E-state index contributed by atoms with van der Waals surface area (Å²) in [5.74, 6) is 0. The zero-order chi connectivity index (χ0) is 72.1. The SMILES string of the molecule is [2H]c1c([2H])c([2H])c2c(c1[2H])c1c([2H])c([2H])c([2H])c([2H])c1n2-c1ccc2c(c1)N(c1c(-c3ccccc3)cc(C(C)(C)C)cc1-c1ccccc1)c1cc(-n3c4c([2H])c([2H])c([2H])c([2H])c4c4c([2H])c([2H])c([2H])c([2H])c43)cc3c1B2c1ccc2c(c1S3)-c1ccccc1C21c2ccccc2-c2ccccc21. The third-order valence-corrected chi connectivity index (χ3v) is 20.0. The Morgan fingerprint density at radius 3 is 1.40 bits per heavy atom. The molecule has 2 aliphatic heterocycles. The fourth-order valence-corrected chi connectivity index (χ4v) is 16.6. The van der Waals surface area contributed by atoms with Crippen molar-refractivity contribution in [2.45, 2.75) is 41.4 Å². The molecule has 4 heterocycles. The Morgan fingerprint density at radius 2 is 0.864 bits per heavy atom. The van der Waals surface area contributed by atoms with Crippen LogP contribution in [0.25, 0.3) is 99.5 Å². The molecule has 13 aromatic carbocycles. The fourth-order valence-electron chi connectivity index (χ4n) is 15.2. The van der Waals surface area contributed by atoms with E-state index in [4.69, 9.17) is 5.48 Å². The molecule has 412 valence electrons. The molecule has 88 heavy (non-hydrogen) atoms. The minimum Gasteiger partial charge on any atom is -0.310 e. The Bertz CT molecular complexity index is 6220. The van der Waals surface area contributed by atoms with Crippen LogP contribution in [-0.4, -0.2) is 15.8 Å². The zero-order valence-electron chi connectivity index (χ0n) is 63.7. The highest BCUT2D eigenvalue weighted by Crippen LogP contribution is 2.65. The summed E-state index contributed by atoms with van der Waals surface area (Å²) in [4.78, 5) is 3.86. The van der Waals surface area contributed by atoms with Crippen LogP contribution < -0.4 is 21.3 Å². The van der Waals surface area contributed by atoms with Crippen molar-refractivity contribution in [3.63, 3.8) is 0 Å². The van der Waals surface area contributed by atoms with Gasteiger partial charge in [-0.2, -0.15) is 0 Å². The smallest absolute Gasteiger partial charge is 0.249 e. The molecule has 19 rings (SSSR count). The molecule has 15 aromatic rings. The van der Waals surface area contributed by atoms with Crippen molar-refractivity contribution in [1.82, 2.24) is 9.13 Å². The van der Waals surface area contributed by atoms with E-state index in [-0.39, 0.29) is 43.6 Å². The van der Waals surface area contributed by atoms with Crippen molar-refractivity contribution in [1.29, 1.82) is 0 Å². The first kappa shape index (κ1) is 36.6. The maximum Gasteiger partial charge on any atom is 0.249 e. The van der Waals surface area contributed by atoms with Crippen LogP contribution in [0, 0.1) is 0 Å².